The van der Waals surface area contributed by atoms with E-state index in [4.69, 9.17) is 9.47 Å². The van der Waals surface area contributed by atoms with Gasteiger partial charge in [0, 0.05) is 24.2 Å². The first-order valence-corrected chi connectivity index (χ1v) is 11.0. The van der Waals surface area contributed by atoms with Gasteiger partial charge in [-0.3, -0.25) is 4.79 Å². The predicted molar refractivity (Wildman–Crippen MR) is 110 cm³/mol. The standard InChI is InChI=1S/C24H33NO4/c1-15-7-6-9-17-13-20-21(22(26)24(15,17)2)18(23(27)29-20)14-25-12-11-16-8-4-5-10-19(16)28-3/h4-5,8-10,15,18,20-22,25-26H,6-7,11-14H2,1-3H3/p+1/t15-,18-,20+,21+,22+,24+/m0/s1. The topological polar surface area (TPSA) is 72.4 Å². The molecule has 0 bridgehead atoms. The first-order chi connectivity index (χ1) is 14.0. The third-order valence-corrected chi connectivity index (χ3v) is 7.80. The summed E-state index contributed by atoms with van der Waals surface area (Å²) in [5.41, 5.74) is 2.23. The molecule has 3 N–H and O–H groups in total. The third-order valence-electron chi connectivity index (χ3n) is 7.80. The van der Waals surface area contributed by atoms with E-state index in [-0.39, 0.29) is 29.3 Å². The Morgan fingerprint density at radius 1 is 1.34 bits per heavy atom. The van der Waals surface area contributed by atoms with Gasteiger partial charge in [-0.25, -0.2) is 0 Å². The lowest BCUT2D eigenvalue weighted by atomic mass is 9.55. The molecular formula is C24H34NO4+. The number of ether oxygens (including phenoxy) is 2. The van der Waals surface area contributed by atoms with Crippen LogP contribution >= 0.6 is 0 Å². The minimum Gasteiger partial charge on any atom is -0.496 e. The van der Waals surface area contributed by atoms with Gasteiger partial charge in [0.05, 0.1) is 26.3 Å². The number of esters is 1. The second-order valence-corrected chi connectivity index (χ2v) is 9.17. The second kappa shape index (κ2) is 8.11. The van der Waals surface area contributed by atoms with Gasteiger partial charge in [-0.2, -0.15) is 0 Å². The molecule has 1 aliphatic heterocycles. The van der Waals surface area contributed by atoms with Gasteiger partial charge in [0.15, 0.2) is 0 Å². The molecule has 158 valence electrons. The highest BCUT2D eigenvalue weighted by molar-refractivity contribution is 5.76. The van der Waals surface area contributed by atoms with Gasteiger partial charge < -0.3 is 19.9 Å². The molecule has 0 amide bonds. The summed E-state index contributed by atoms with van der Waals surface area (Å²) >= 11 is 0. The first-order valence-electron chi connectivity index (χ1n) is 11.0. The molecule has 1 saturated carbocycles. The van der Waals surface area contributed by atoms with Crippen molar-refractivity contribution >= 4 is 5.97 Å². The minimum absolute atomic E-state index is 0.104. The fourth-order valence-corrected chi connectivity index (χ4v) is 5.80. The predicted octanol–water partition coefficient (Wildman–Crippen LogP) is 2.09. The van der Waals surface area contributed by atoms with Crippen LogP contribution in [-0.2, 0) is 16.0 Å². The maximum atomic E-state index is 12.6. The molecule has 5 nitrogen and oxygen atoms in total. The number of allylic oxidation sites excluding steroid dienone is 1. The summed E-state index contributed by atoms with van der Waals surface area (Å²) in [6.07, 6.45) is 5.40. The summed E-state index contributed by atoms with van der Waals surface area (Å²) in [6, 6.07) is 8.05. The van der Waals surface area contributed by atoms with Crippen LogP contribution in [0, 0.1) is 23.2 Å². The average Bonchev–Trinajstić information content (AvgIpc) is 3.03. The van der Waals surface area contributed by atoms with Crippen LogP contribution in [0.3, 0.4) is 0 Å². The lowest BCUT2D eigenvalue weighted by molar-refractivity contribution is -0.659. The molecule has 2 fully saturated rings. The van der Waals surface area contributed by atoms with Crippen molar-refractivity contribution in [2.75, 3.05) is 20.2 Å². The Labute approximate surface area is 173 Å². The number of benzene rings is 1. The van der Waals surface area contributed by atoms with E-state index in [2.05, 4.69) is 31.3 Å². The van der Waals surface area contributed by atoms with Crippen LogP contribution < -0.4 is 10.1 Å². The van der Waals surface area contributed by atoms with Crippen LogP contribution in [0.25, 0.3) is 0 Å². The zero-order valence-electron chi connectivity index (χ0n) is 17.8. The number of nitrogens with two attached hydrogens (primary N) is 1. The number of fused-ring (bicyclic) bond motifs is 2. The van der Waals surface area contributed by atoms with E-state index in [9.17, 15) is 9.90 Å². The monoisotopic (exact) mass is 400 g/mol. The molecule has 4 rings (SSSR count). The fraction of sp³-hybridized carbons (Fsp3) is 0.625. The molecule has 1 saturated heterocycles. The molecule has 29 heavy (non-hydrogen) atoms. The molecular weight excluding hydrogens is 366 g/mol. The summed E-state index contributed by atoms with van der Waals surface area (Å²) in [7, 11) is 1.69. The van der Waals surface area contributed by atoms with E-state index in [1.54, 1.807) is 7.11 Å². The summed E-state index contributed by atoms with van der Waals surface area (Å²) in [5, 5.41) is 13.6. The normalized spacial score (nSPS) is 36.1. The Balaban J connectivity index is 1.41. The molecule has 3 aliphatic rings. The molecule has 0 unspecified atom stereocenters. The van der Waals surface area contributed by atoms with Crippen LogP contribution in [0.15, 0.2) is 35.9 Å². The zero-order valence-corrected chi connectivity index (χ0v) is 17.8. The number of carbonyl (C=O) groups excluding carboxylic acids is 1. The van der Waals surface area contributed by atoms with Gasteiger partial charge in [-0.15, -0.1) is 0 Å². The number of aliphatic hydroxyl groups excluding tert-OH is 1. The van der Waals surface area contributed by atoms with Crippen molar-refractivity contribution in [3.8, 4) is 5.75 Å². The number of para-hydroxylation sites is 1. The van der Waals surface area contributed by atoms with Crippen LogP contribution in [0.1, 0.15) is 38.7 Å². The highest BCUT2D eigenvalue weighted by Gasteiger charge is 2.60. The number of quaternary nitrogens is 1. The Kier molecular flexibility index (Phi) is 5.71. The van der Waals surface area contributed by atoms with E-state index in [0.717, 1.165) is 38.0 Å². The number of rotatable bonds is 6. The maximum Gasteiger partial charge on any atom is 0.315 e. The van der Waals surface area contributed by atoms with E-state index in [1.165, 1.54) is 11.1 Å². The van der Waals surface area contributed by atoms with Gasteiger partial charge in [0.2, 0.25) is 0 Å². The quantitative estimate of drug-likeness (QED) is 0.436. The number of carbonyl (C=O) groups is 1. The summed E-state index contributed by atoms with van der Waals surface area (Å²) in [5.74, 6) is 0.850. The Hall–Kier alpha value is -1.85. The molecule has 0 radical (unpaired) electrons. The number of hydrogen-bond donors (Lipinski definition) is 2. The first kappa shape index (κ1) is 20.4. The molecule has 1 aromatic rings. The van der Waals surface area contributed by atoms with E-state index in [0.29, 0.717) is 12.5 Å². The summed E-state index contributed by atoms with van der Waals surface area (Å²) < 4.78 is 11.2. The van der Waals surface area contributed by atoms with Crippen molar-refractivity contribution in [3.63, 3.8) is 0 Å². The van der Waals surface area contributed by atoms with Crippen molar-refractivity contribution in [2.45, 2.75) is 51.7 Å². The lowest BCUT2D eigenvalue weighted by Crippen LogP contribution is -2.86. The Morgan fingerprint density at radius 3 is 2.93 bits per heavy atom. The van der Waals surface area contributed by atoms with Gasteiger partial charge in [0.1, 0.15) is 17.8 Å². The van der Waals surface area contributed by atoms with Crippen LogP contribution in [0.5, 0.6) is 5.75 Å². The van der Waals surface area contributed by atoms with Crippen molar-refractivity contribution in [3.05, 3.63) is 41.5 Å². The molecule has 2 aliphatic carbocycles. The van der Waals surface area contributed by atoms with Crippen LogP contribution in [-0.4, -0.2) is 43.5 Å². The summed E-state index contributed by atoms with van der Waals surface area (Å²) in [4.78, 5) is 12.6. The molecule has 0 spiro atoms. The Morgan fingerprint density at radius 2 is 2.14 bits per heavy atom. The molecule has 6 atom stereocenters. The van der Waals surface area contributed by atoms with E-state index in [1.807, 2.05) is 18.2 Å². The maximum absolute atomic E-state index is 12.6. The molecule has 5 heteroatoms. The van der Waals surface area contributed by atoms with Crippen molar-refractivity contribution in [2.24, 2.45) is 23.2 Å². The average molecular weight is 401 g/mol. The van der Waals surface area contributed by atoms with Gasteiger partial charge in [-0.1, -0.05) is 43.7 Å². The van der Waals surface area contributed by atoms with Gasteiger partial charge in [0.25, 0.3) is 0 Å². The second-order valence-electron chi connectivity index (χ2n) is 9.17. The number of methoxy groups -OCH3 is 1. The van der Waals surface area contributed by atoms with Crippen LogP contribution in [0.2, 0.25) is 0 Å². The SMILES string of the molecule is COc1ccccc1CC[NH2+]C[C@@H]1C(=O)O[C@@H]2CC3=CCC[C@H](C)[C@@]3(C)[C@H](O)[C@H]12. The van der Waals surface area contributed by atoms with Crippen molar-refractivity contribution in [1.29, 1.82) is 0 Å². The van der Waals surface area contributed by atoms with Gasteiger partial charge >= 0.3 is 5.97 Å². The highest BCUT2D eigenvalue weighted by Crippen LogP contribution is 2.55. The van der Waals surface area contributed by atoms with Crippen LogP contribution in [0.4, 0.5) is 0 Å². The highest BCUT2D eigenvalue weighted by atomic mass is 16.6. The lowest BCUT2D eigenvalue weighted by Gasteiger charge is -2.51. The number of hydrogen-bond acceptors (Lipinski definition) is 4. The zero-order chi connectivity index (χ0) is 20.6. The van der Waals surface area contributed by atoms with E-state index >= 15 is 0 Å². The fourth-order valence-electron chi connectivity index (χ4n) is 5.80. The van der Waals surface area contributed by atoms with Gasteiger partial charge in [-0.05, 0) is 30.4 Å². The molecule has 1 aromatic carbocycles. The van der Waals surface area contributed by atoms with E-state index < -0.39 is 6.10 Å². The smallest absolute Gasteiger partial charge is 0.315 e. The summed E-state index contributed by atoms with van der Waals surface area (Å²) in [6.45, 7) is 5.96. The number of aliphatic hydroxyl groups is 1. The van der Waals surface area contributed by atoms with Crippen molar-refractivity contribution < 1.29 is 24.7 Å². The van der Waals surface area contributed by atoms with Crippen molar-refractivity contribution in [1.82, 2.24) is 0 Å². The third kappa shape index (κ3) is 3.49. The Bertz CT molecular complexity index is 791. The molecule has 1 heterocycles. The minimum atomic E-state index is -0.526. The molecule has 0 aromatic heterocycles. The largest absolute Gasteiger partial charge is 0.496 e.